The molecule has 2 N–H and O–H groups in total. The summed E-state index contributed by atoms with van der Waals surface area (Å²) in [5, 5.41) is 11.4. The van der Waals surface area contributed by atoms with Crippen LogP contribution in [0.2, 0.25) is 0 Å². The Balaban J connectivity index is 1.78. The molecule has 0 spiro atoms. The van der Waals surface area contributed by atoms with Crippen LogP contribution in [-0.2, 0) is 16.0 Å². The molecule has 19 heavy (non-hydrogen) atoms. The summed E-state index contributed by atoms with van der Waals surface area (Å²) < 4.78 is 12.9. The molecule has 1 aliphatic rings. The summed E-state index contributed by atoms with van der Waals surface area (Å²) in [5.41, 5.74) is 1.83. The monoisotopic (exact) mass is 265 g/mol. The molecule has 4 nitrogen and oxygen atoms in total. The fourth-order valence-electron chi connectivity index (χ4n) is 2.15. The van der Waals surface area contributed by atoms with Crippen LogP contribution in [0.4, 0.5) is 4.39 Å². The van der Waals surface area contributed by atoms with Crippen molar-refractivity contribution in [2.75, 3.05) is 6.54 Å². The molecule has 0 aliphatic heterocycles. The van der Waals surface area contributed by atoms with E-state index in [4.69, 9.17) is 5.11 Å². The zero-order valence-electron chi connectivity index (χ0n) is 10.6. The van der Waals surface area contributed by atoms with Gasteiger partial charge in [0, 0.05) is 6.54 Å². The van der Waals surface area contributed by atoms with E-state index in [0.717, 1.165) is 11.1 Å². The van der Waals surface area contributed by atoms with Crippen LogP contribution >= 0.6 is 0 Å². The molecule has 0 heterocycles. The number of aliphatic carboxylic acids is 1. The number of rotatable bonds is 5. The maximum Gasteiger partial charge on any atom is 0.307 e. The lowest BCUT2D eigenvalue weighted by molar-refractivity contribution is -0.140. The van der Waals surface area contributed by atoms with Gasteiger partial charge in [-0.2, -0.15) is 0 Å². The van der Waals surface area contributed by atoms with Gasteiger partial charge in [-0.1, -0.05) is 6.07 Å². The van der Waals surface area contributed by atoms with Crippen LogP contribution in [0, 0.1) is 24.6 Å². The van der Waals surface area contributed by atoms with Crippen molar-refractivity contribution in [3.8, 4) is 0 Å². The number of hydrogen-bond donors (Lipinski definition) is 2. The van der Waals surface area contributed by atoms with Crippen molar-refractivity contribution in [3.05, 3.63) is 35.1 Å². The first-order chi connectivity index (χ1) is 8.99. The van der Waals surface area contributed by atoms with Crippen molar-refractivity contribution in [1.29, 1.82) is 0 Å². The Morgan fingerprint density at radius 3 is 2.74 bits per heavy atom. The molecule has 2 rings (SSSR count). The fraction of sp³-hybridized carbons (Fsp3) is 0.429. The molecule has 5 heteroatoms. The second-order valence-electron chi connectivity index (χ2n) is 4.90. The van der Waals surface area contributed by atoms with E-state index in [2.05, 4.69) is 5.32 Å². The fourth-order valence-corrected chi connectivity index (χ4v) is 2.15. The van der Waals surface area contributed by atoms with E-state index in [0.29, 0.717) is 19.4 Å². The average Bonchev–Trinajstić information content (AvgIpc) is 3.12. The highest BCUT2D eigenvalue weighted by molar-refractivity contribution is 5.89. The Kier molecular flexibility index (Phi) is 3.83. The molecule has 1 aliphatic carbocycles. The van der Waals surface area contributed by atoms with Crippen LogP contribution in [0.3, 0.4) is 0 Å². The minimum absolute atomic E-state index is 0.202. The lowest BCUT2D eigenvalue weighted by Crippen LogP contribution is -2.28. The lowest BCUT2D eigenvalue weighted by atomic mass is 10.1. The number of carboxylic acids is 1. The van der Waals surface area contributed by atoms with Gasteiger partial charge >= 0.3 is 5.97 Å². The summed E-state index contributed by atoms with van der Waals surface area (Å²) in [5.74, 6) is -2.28. The van der Waals surface area contributed by atoms with Crippen molar-refractivity contribution in [3.63, 3.8) is 0 Å². The number of halogens is 1. The first-order valence-corrected chi connectivity index (χ1v) is 6.24. The van der Waals surface area contributed by atoms with Crippen molar-refractivity contribution < 1.29 is 19.1 Å². The quantitative estimate of drug-likeness (QED) is 0.848. The number of aryl methyl sites for hydroxylation is 1. The number of nitrogens with one attached hydrogen (secondary N) is 1. The predicted molar refractivity (Wildman–Crippen MR) is 67.1 cm³/mol. The normalized spacial score (nSPS) is 20.9. The Hall–Kier alpha value is -1.91. The first kappa shape index (κ1) is 13.5. The molecule has 1 fully saturated rings. The van der Waals surface area contributed by atoms with Gasteiger partial charge in [-0.3, -0.25) is 9.59 Å². The minimum atomic E-state index is -0.908. The highest BCUT2D eigenvalue weighted by atomic mass is 19.1. The highest BCUT2D eigenvalue weighted by Gasteiger charge is 2.48. The van der Waals surface area contributed by atoms with Gasteiger partial charge in [0.15, 0.2) is 0 Å². The maximum atomic E-state index is 12.9. The van der Waals surface area contributed by atoms with Crippen LogP contribution in [-0.4, -0.2) is 23.5 Å². The van der Waals surface area contributed by atoms with Crippen molar-refractivity contribution >= 4 is 11.9 Å². The maximum absolute atomic E-state index is 12.9. The molecular formula is C14H16FNO3. The molecule has 1 aromatic carbocycles. The molecular weight excluding hydrogens is 249 g/mol. The number of hydrogen-bond acceptors (Lipinski definition) is 2. The second kappa shape index (κ2) is 5.38. The van der Waals surface area contributed by atoms with Gasteiger partial charge in [-0.25, -0.2) is 4.39 Å². The molecule has 0 radical (unpaired) electrons. The summed E-state index contributed by atoms with van der Waals surface area (Å²) in [4.78, 5) is 22.2. The number of benzene rings is 1. The summed E-state index contributed by atoms with van der Waals surface area (Å²) in [6.45, 7) is 2.26. The number of amides is 1. The highest BCUT2D eigenvalue weighted by Crippen LogP contribution is 2.38. The third-order valence-electron chi connectivity index (χ3n) is 3.44. The lowest BCUT2D eigenvalue weighted by Gasteiger charge is -2.07. The Labute approximate surface area is 110 Å². The van der Waals surface area contributed by atoms with Gasteiger partial charge in [0.05, 0.1) is 11.8 Å². The molecule has 0 aromatic heterocycles. The zero-order valence-corrected chi connectivity index (χ0v) is 10.6. The number of carbonyl (C=O) groups excluding carboxylic acids is 1. The van der Waals surface area contributed by atoms with E-state index in [1.54, 1.807) is 6.07 Å². The summed E-state index contributed by atoms with van der Waals surface area (Å²) in [7, 11) is 0. The van der Waals surface area contributed by atoms with Gasteiger partial charge in [0.2, 0.25) is 5.91 Å². The van der Waals surface area contributed by atoms with E-state index in [1.807, 2.05) is 6.92 Å². The summed E-state index contributed by atoms with van der Waals surface area (Å²) in [6, 6.07) is 4.55. The van der Waals surface area contributed by atoms with Gasteiger partial charge in [-0.15, -0.1) is 0 Å². The molecule has 2 unspecified atom stereocenters. The Morgan fingerprint density at radius 2 is 2.16 bits per heavy atom. The molecule has 1 aromatic rings. The summed E-state index contributed by atoms with van der Waals surface area (Å²) >= 11 is 0. The molecule has 0 saturated heterocycles. The molecule has 2 atom stereocenters. The van der Waals surface area contributed by atoms with Gasteiger partial charge in [-0.05, 0) is 43.0 Å². The van der Waals surface area contributed by atoms with Gasteiger partial charge < -0.3 is 10.4 Å². The van der Waals surface area contributed by atoms with E-state index in [9.17, 15) is 14.0 Å². The minimum Gasteiger partial charge on any atom is -0.481 e. The SMILES string of the molecule is Cc1cc(F)ccc1CCNC(=O)C1CC1C(=O)O. The van der Waals surface area contributed by atoms with Crippen LogP contribution in [0.1, 0.15) is 17.5 Å². The van der Waals surface area contributed by atoms with Crippen LogP contribution in [0.25, 0.3) is 0 Å². The van der Waals surface area contributed by atoms with Crippen molar-refractivity contribution in [1.82, 2.24) is 5.32 Å². The van der Waals surface area contributed by atoms with Gasteiger partial charge in [0.25, 0.3) is 0 Å². The number of carboxylic acid groups (broad SMARTS) is 1. The molecule has 102 valence electrons. The smallest absolute Gasteiger partial charge is 0.307 e. The van der Waals surface area contributed by atoms with E-state index < -0.39 is 11.9 Å². The zero-order chi connectivity index (χ0) is 14.0. The summed E-state index contributed by atoms with van der Waals surface area (Å²) in [6.07, 6.45) is 1.04. The van der Waals surface area contributed by atoms with Crippen LogP contribution < -0.4 is 5.32 Å². The Morgan fingerprint density at radius 1 is 1.42 bits per heavy atom. The topological polar surface area (TPSA) is 66.4 Å². The van der Waals surface area contributed by atoms with Crippen molar-refractivity contribution in [2.24, 2.45) is 11.8 Å². The van der Waals surface area contributed by atoms with Gasteiger partial charge in [0.1, 0.15) is 5.82 Å². The van der Waals surface area contributed by atoms with Crippen LogP contribution in [0.5, 0.6) is 0 Å². The third kappa shape index (κ3) is 3.30. The largest absolute Gasteiger partial charge is 0.481 e. The Bertz CT molecular complexity index is 515. The van der Waals surface area contributed by atoms with Crippen LogP contribution in [0.15, 0.2) is 18.2 Å². The average molecular weight is 265 g/mol. The van der Waals surface area contributed by atoms with E-state index in [-0.39, 0.29) is 17.6 Å². The number of carbonyl (C=O) groups is 2. The third-order valence-corrected chi connectivity index (χ3v) is 3.44. The predicted octanol–water partition coefficient (Wildman–Crippen LogP) is 1.51. The van der Waals surface area contributed by atoms with Crippen molar-refractivity contribution in [2.45, 2.75) is 19.8 Å². The van der Waals surface area contributed by atoms with E-state index in [1.165, 1.54) is 12.1 Å². The molecule has 1 saturated carbocycles. The standard InChI is InChI=1S/C14H16FNO3/c1-8-6-10(15)3-2-9(8)4-5-16-13(17)11-7-12(11)14(18)19/h2-3,6,11-12H,4-5,7H2,1H3,(H,16,17)(H,18,19). The van der Waals surface area contributed by atoms with E-state index >= 15 is 0 Å². The second-order valence-corrected chi connectivity index (χ2v) is 4.90. The first-order valence-electron chi connectivity index (χ1n) is 6.24. The molecule has 0 bridgehead atoms. The molecule has 1 amide bonds.